The van der Waals surface area contributed by atoms with Gasteiger partial charge in [0, 0.05) is 11.1 Å². The predicted molar refractivity (Wildman–Crippen MR) is 110 cm³/mol. The van der Waals surface area contributed by atoms with Gasteiger partial charge in [0.2, 0.25) is 11.4 Å². The summed E-state index contributed by atoms with van der Waals surface area (Å²) in [6.45, 7) is 0. The van der Waals surface area contributed by atoms with Gasteiger partial charge in [-0.1, -0.05) is 78.9 Å². The van der Waals surface area contributed by atoms with Gasteiger partial charge >= 0.3 is 5.97 Å². The summed E-state index contributed by atoms with van der Waals surface area (Å²) in [6.07, 6.45) is -5.64. The molecular formula is C24H22O7. The summed E-state index contributed by atoms with van der Waals surface area (Å²) >= 11 is 0. The molecule has 3 aromatic carbocycles. The fourth-order valence-corrected chi connectivity index (χ4v) is 4.01. The van der Waals surface area contributed by atoms with E-state index in [2.05, 4.69) is 0 Å². The van der Waals surface area contributed by atoms with Crippen LogP contribution in [0.3, 0.4) is 0 Å². The van der Waals surface area contributed by atoms with Crippen molar-refractivity contribution in [1.29, 1.82) is 0 Å². The minimum atomic E-state index is -2.47. The Labute approximate surface area is 178 Å². The molecule has 7 nitrogen and oxygen atoms in total. The van der Waals surface area contributed by atoms with Gasteiger partial charge in [0.1, 0.15) is 18.0 Å². The maximum atomic E-state index is 12.0. The first kappa shape index (κ1) is 21.0. The van der Waals surface area contributed by atoms with Crippen molar-refractivity contribution < 1.29 is 34.7 Å². The van der Waals surface area contributed by atoms with Gasteiger partial charge in [-0.2, -0.15) is 0 Å². The van der Waals surface area contributed by atoms with E-state index in [-0.39, 0.29) is 11.3 Å². The van der Waals surface area contributed by atoms with Gasteiger partial charge < -0.3 is 29.9 Å². The van der Waals surface area contributed by atoms with Crippen molar-refractivity contribution in [3.8, 4) is 5.75 Å². The Morgan fingerprint density at radius 3 is 1.81 bits per heavy atom. The molecule has 0 radical (unpaired) electrons. The summed E-state index contributed by atoms with van der Waals surface area (Å²) in [7, 11) is 0. The van der Waals surface area contributed by atoms with E-state index in [4.69, 9.17) is 9.47 Å². The predicted octanol–water partition coefficient (Wildman–Crippen LogP) is 2.01. The molecule has 160 valence electrons. The van der Waals surface area contributed by atoms with Crippen LogP contribution in [0.4, 0.5) is 0 Å². The van der Waals surface area contributed by atoms with Crippen LogP contribution in [-0.2, 0) is 20.9 Å². The van der Waals surface area contributed by atoms with Gasteiger partial charge in [-0.15, -0.1) is 0 Å². The van der Waals surface area contributed by atoms with Gasteiger partial charge in [-0.25, -0.2) is 4.79 Å². The first-order valence-electron chi connectivity index (χ1n) is 9.74. The summed E-state index contributed by atoms with van der Waals surface area (Å²) in [6, 6.07) is 24.8. The molecule has 1 fully saturated rings. The quantitative estimate of drug-likeness (QED) is 0.497. The first-order chi connectivity index (χ1) is 14.9. The molecule has 1 aliphatic rings. The van der Waals surface area contributed by atoms with Crippen LogP contribution in [0.1, 0.15) is 11.1 Å². The van der Waals surface area contributed by atoms with Gasteiger partial charge in [0.15, 0.2) is 6.10 Å². The average Bonchev–Trinajstić information content (AvgIpc) is 2.81. The summed E-state index contributed by atoms with van der Waals surface area (Å²) in [5, 5.41) is 43.6. The summed E-state index contributed by atoms with van der Waals surface area (Å²) in [4.78, 5) is 11.8. The molecular weight excluding hydrogens is 400 g/mol. The SMILES string of the molecule is O=C(O)[C@H]1O[C@](O)(c2ccccc2)[C@@](Oc2ccccc2)(c2ccccc2)[C@@H](O)[C@@H]1O. The Morgan fingerprint density at radius 2 is 1.29 bits per heavy atom. The van der Waals surface area contributed by atoms with Crippen molar-refractivity contribution in [2.45, 2.75) is 29.7 Å². The van der Waals surface area contributed by atoms with Crippen LogP contribution in [0.2, 0.25) is 0 Å². The number of carbonyl (C=O) groups is 1. The standard InChI is InChI=1S/C24H22O7/c25-19-20(22(27)28)31-24(29,17-12-6-2-7-13-17)23(21(19)26,16-10-4-1-5-11-16)30-18-14-8-3-9-15-18/h1-15,19-21,25-26,29H,(H,27,28)/t19-,20+,21+,23-,24-/m1/s1. The van der Waals surface area contributed by atoms with Crippen molar-refractivity contribution >= 4 is 5.97 Å². The number of ether oxygens (including phenoxy) is 2. The molecule has 1 saturated heterocycles. The highest BCUT2D eigenvalue weighted by molar-refractivity contribution is 5.73. The van der Waals surface area contributed by atoms with Gasteiger partial charge in [-0.05, 0) is 12.1 Å². The molecule has 0 saturated carbocycles. The number of aliphatic hydroxyl groups is 3. The van der Waals surface area contributed by atoms with Crippen molar-refractivity contribution in [2.24, 2.45) is 0 Å². The Bertz CT molecular complexity index is 1030. The van der Waals surface area contributed by atoms with E-state index in [9.17, 15) is 25.2 Å². The molecule has 3 aromatic rings. The number of aliphatic carboxylic acids is 1. The van der Waals surface area contributed by atoms with E-state index in [1.54, 1.807) is 78.9 Å². The fourth-order valence-electron chi connectivity index (χ4n) is 4.01. The zero-order chi connectivity index (χ0) is 22.1. The molecule has 0 aliphatic carbocycles. The third kappa shape index (κ3) is 3.37. The number of hydrogen-bond acceptors (Lipinski definition) is 6. The number of carboxylic acid groups (broad SMARTS) is 1. The first-order valence-corrected chi connectivity index (χ1v) is 9.74. The number of carboxylic acids is 1. The van der Waals surface area contributed by atoms with Crippen molar-refractivity contribution in [3.63, 3.8) is 0 Å². The zero-order valence-electron chi connectivity index (χ0n) is 16.4. The molecule has 4 rings (SSSR count). The number of rotatable bonds is 5. The molecule has 0 bridgehead atoms. The van der Waals surface area contributed by atoms with Crippen LogP contribution in [0.25, 0.3) is 0 Å². The van der Waals surface area contributed by atoms with E-state index in [1.165, 1.54) is 12.1 Å². The van der Waals surface area contributed by atoms with Gasteiger partial charge in [0.25, 0.3) is 0 Å². The van der Waals surface area contributed by atoms with E-state index < -0.39 is 35.7 Å². The Morgan fingerprint density at radius 1 is 0.806 bits per heavy atom. The molecule has 1 aliphatic heterocycles. The Kier molecular flexibility index (Phi) is 5.51. The van der Waals surface area contributed by atoms with E-state index in [0.29, 0.717) is 5.56 Å². The second kappa shape index (κ2) is 8.13. The maximum absolute atomic E-state index is 12.0. The number of para-hydroxylation sites is 1. The number of benzene rings is 3. The molecule has 0 aromatic heterocycles. The van der Waals surface area contributed by atoms with Crippen LogP contribution < -0.4 is 4.74 Å². The largest absolute Gasteiger partial charge is 0.479 e. The van der Waals surface area contributed by atoms with Crippen LogP contribution >= 0.6 is 0 Å². The van der Waals surface area contributed by atoms with E-state index in [0.717, 1.165) is 0 Å². The molecule has 31 heavy (non-hydrogen) atoms. The Hall–Kier alpha value is -3.23. The third-order valence-electron chi connectivity index (χ3n) is 5.48. The second-order valence-electron chi connectivity index (χ2n) is 7.34. The topological polar surface area (TPSA) is 116 Å². The molecule has 0 unspecified atom stereocenters. The van der Waals surface area contributed by atoms with Crippen LogP contribution in [0, 0.1) is 0 Å². The summed E-state index contributed by atoms with van der Waals surface area (Å²) < 4.78 is 11.9. The summed E-state index contributed by atoms with van der Waals surface area (Å²) in [5.74, 6) is -3.71. The number of hydrogen-bond donors (Lipinski definition) is 4. The average molecular weight is 422 g/mol. The van der Waals surface area contributed by atoms with E-state index in [1.807, 2.05) is 0 Å². The molecule has 0 amide bonds. The molecule has 5 atom stereocenters. The van der Waals surface area contributed by atoms with E-state index >= 15 is 0 Å². The van der Waals surface area contributed by atoms with Crippen LogP contribution in [0.15, 0.2) is 91.0 Å². The lowest BCUT2D eigenvalue weighted by Crippen LogP contribution is -2.72. The lowest BCUT2D eigenvalue weighted by atomic mass is 9.72. The maximum Gasteiger partial charge on any atom is 0.335 e. The van der Waals surface area contributed by atoms with Crippen molar-refractivity contribution in [2.75, 3.05) is 0 Å². The molecule has 1 heterocycles. The minimum absolute atomic E-state index is 0.159. The molecule has 0 spiro atoms. The third-order valence-corrected chi connectivity index (χ3v) is 5.48. The van der Waals surface area contributed by atoms with Crippen LogP contribution in [0.5, 0.6) is 5.75 Å². The zero-order valence-corrected chi connectivity index (χ0v) is 16.4. The van der Waals surface area contributed by atoms with Crippen LogP contribution in [-0.4, -0.2) is 44.7 Å². The van der Waals surface area contributed by atoms with Gasteiger partial charge in [-0.3, -0.25) is 0 Å². The van der Waals surface area contributed by atoms with Crippen molar-refractivity contribution in [3.05, 3.63) is 102 Å². The smallest absolute Gasteiger partial charge is 0.335 e. The second-order valence-corrected chi connectivity index (χ2v) is 7.34. The minimum Gasteiger partial charge on any atom is -0.479 e. The highest BCUT2D eigenvalue weighted by Gasteiger charge is 2.69. The lowest BCUT2D eigenvalue weighted by molar-refractivity contribution is -0.389. The number of aliphatic hydroxyl groups excluding tert-OH is 2. The lowest BCUT2D eigenvalue weighted by Gasteiger charge is -2.54. The highest BCUT2D eigenvalue weighted by atomic mass is 16.7. The van der Waals surface area contributed by atoms with Crippen molar-refractivity contribution in [1.82, 2.24) is 0 Å². The fraction of sp³-hybridized carbons (Fsp3) is 0.208. The Balaban J connectivity index is 2.01. The molecule has 7 heteroatoms. The van der Waals surface area contributed by atoms with Gasteiger partial charge in [0.05, 0.1) is 0 Å². The normalized spacial score (nSPS) is 30.5. The highest BCUT2D eigenvalue weighted by Crippen LogP contribution is 2.52. The molecule has 4 N–H and O–H groups in total. The monoisotopic (exact) mass is 422 g/mol. The summed E-state index contributed by atoms with van der Waals surface area (Å²) in [5.41, 5.74) is -1.64.